The molecule has 1 aliphatic carbocycles. The van der Waals surface area contributed by atoms with E-state index in [4.69, 9.17) is 48.2 Å². The summed E-state index contributed by atoms with van der Waals surface area (Å²) in [6, 6.07) is 19.8. The highest BCUT2D eigenvalue weighted by molar-refractivity contribution is 9.10. The van der Waals surface area contributed by atoms with Crippen LogP contribution in [0.5, 0.6) is 11.5 Å². The number of hydrogen-bond acceptors (Lipinski definition) is 10. The first kappa shape index (κ1) is 43.0. The molecule has 3 N–H and O–H groups in total. The number of rotatable bonds is 8. The quantitative estimate of drug-likeness (QED) is 0.152. The van der Waals surface area contributed by atoms with E-state index >= 15 is 0 Å². The van der Waals surface area contributed by atoms with Gasteiger partial charge in [0.05, 0.1) is 48.1 Å². The fraction of sp³-hybridized carbons (Fsp3) is 0.405. The molecule has 0 bridgehead atoms. The zero-order valence-corrected chi connectivity index (χ0v) is 36.5. The van der Waals surface area contributed by atoms with Crippen molar-refractivity contribution in [2.24, 2.45) is 5.73 Å². The second kappa shape index (κ2) is 19.4. The lowest BCUT2D eigenvalue weighted by Gasteiger charge is -2.24. The van der Waals surface area contributed by atoms with Gasteiger partial charge >= 0.3 is 6.09 Å². The summed E-state index contributed by atoms with van der Waals surface area (Å²) in [5, 5.41) is 15.5. The smallest absolute Gasteiger partial charge is 0.410 e. The molecule has 1 atom stereocenters. The Morgan fingerprint density at radius 1 is 0.810 bits per heavy atom. The third-order valence-corrected chi connectivity index (χ3v) is 10.9. The maximum Gasteiger partial charge on any atom is 0.410 e. The number of hydrogen-bond donors (Lipinski definition) is 2. The van der Waals surface area contributed by atoms with Crippen LogP contribution < -0.4 is 20.5 Å². The van der Waals surface area contributed by atoms with Crippen molar-refractivity contribution in [3.8, 4) is 11.5 Å². The van der Waals surface area contributed by atoms with Crippen molar-refractivity contribution >= 4 is 73.1 Å². The maximum absolute atomic E-state index is 12.4. The number of pyridine rings is 2. The number of amides is 1. The van der Waals surface area contributed by atoms with E-state index in [0.29, 0.717) is 58.3 Å². The van der Waals surface area contributed by atoms with E-state index in [1.165, 1.54) is 25.7 Å². The number of fused-ring (bicyclic) bond motifs is 2. The molecule has 2 fully saturated rings. The SMILES string of the molecule is COc1ccc(Cn2nc(Br)c3c(Cl)ccnc32)cc1.COc1ccc(Cn2nc(N[C@@H]3CCN(C(=O)OC(C)(C)C)C3)c3c(Cl)ccnc32)cc1.NC1CCCC1. The lowest BCUT2D eigenvalue weighted by atomic mass is 10.2. The molecule has 16 heteroatoms. The zero-order chi connectivity index (χ0) is 41.4. The third kappa shape index (κ3) is 11.1. The lowest BCUT2D eigenvalue weighted by Crippen LogP contribution is -2.36. The summed E-state index contributed by atoms with van der Waals surface area (Å²) in [5.74, 6) is 2.31. The van der Waals surface area contributed by atoms with Gasteiger partial charge in [0.1, 0.15) is 21.7 Å². The van der Waals surface area contributed by atoms with Crippen molar-refractivity contribution in [3.05, 3.63) is 98.8 Å². The maximum atomic E-state index is 12.4. The van der Waals surface area contributed by atoms with Crippen molar-refractivity contribution < 1.29 is 19.0 Å². The van der Waals surface area contributed by atoms with E-state index in [1.807, 2.05) is 78.7 Å². The van der Waals surface area contributed by atoms with Gasteiger partial charge in [-0.25, -0.2) is 24.1 Å². The normalized spacial score (nSPS) is 15.5. The number of methoxy groups -OCH3 is 2. The fourth-order valence-electron chi connectivity index (χ4n) is 6.73. The summed E-state index contributed by atoms with van der Waals surface area (Å²) >= 11 is 16.1. The highest BCUT2D eigenvalue weighted by Gasteiger charge is 2.31. The van der Waals surface area contributed by atoms with E-state index in [2.05, 4.69) is 36.3 Å². The summed E-state index contributed by atoms with van der Waals surface area (Å²) in [6.45, 7) is 7.94. The lowest BCUT2D eigenvalue weighted by molar-refractivity contribution is 0.0293. The standard InChI is InChI=1S/C23H28ClN5O3.C14H11BrClN3O.C5H11N/c1-23(2,3)32-22(30)28-12-10-16(14-28)26-20-19-18(24)9-11-25-21(19)29(27-20)13-15-5-7-17(31-4)8-6-15;1-20-10-4-2-9(3-5-10)8-19-14-12(13(15)18-19)11(16)6-7-17-14;6-5-3-1-2-4-5/h5-9,11,16H,10,12-14H2,1-4H3,(H,26,27);2-7H,8H2,1H3;5H,1-4,6H2/t16-;;/m1../s1. The molecular weight excluding hydrogens is 845 g/mol. The molecule has 2 aliphatic rings. The average molecular weight is 896 g/mol. The Morgan fingerprint density at radius 2 is 1.33 bits per heavy atom. The van der Waals surface area contributed by atoms with Crippen molar-refractivity contribution in [1.82, 2.24) is 34.4 Å². The molecule has 13 nitrogen and oxygen atoms in total. The molecule has 5 heterocycles. The van der Waals surface area contributed by atoms with Crippen molar-refractivity contribution in [2.45, 2.75) is 83.6 Å². The molecule has 0 radical (unpaired) electrons. The van der Waals surface area contributed by atoms with Crippen LogP contribution in [0, 0.1) is 0 Å². The number of benzene rings is 2. The minimum atomic E-state index is -0.516. The molecule has 308 valence electrons. The first-order valence-corrected chi connectivity index (χ1v) is 20.8. The Labute approximate surface area is 357 Å². The van der Waals surface area contributed by atoms with Gasteiger partial charge in [-0.05, 0) is 103 Å². The minimum absolute atomic E-state index is 0.0475. The number of nitrogens with two attached hydrogens (primary N) is 1. The van der Waals surface area contributed by atoms with Crippen molar-refractivity contribution in [1.29, 1.82) is 0 Å². The van der Waals surface area contributed by atoms with Crippen LogP contribution >= 0.6 is 39.1 Å². The number of aromatic nitrogens is 6. The van der Waals surface area contributed by atoms with Gasteiger partial charge < -0.3 is 30.2 Å². The van der Waals surface area contributed by atoms with Crippen LogP contribution in [0.2, 0.25) is 10.0 Å². The van der Waals surface area contributed by atoms with Gasteiger partial charge in [-0.15, -0.1) is 0 Å². The molecule has 1 aliphatic heterocycles. The first-order valence-electron chi connectivity index (χ1n) is 19.2. The number of halogens is 3. The highest BCUT2D eigenvalue weighted by atomic mass is 79.9. The molecule has 6 aromatic rings. The Bertz CT molecular complexity index is 2290. The predicted molar refractivity (Wildman–Crippen MR) is 233 cm³/mol. The minimum Gasteiger partial charge on any atom is -0.497 e. The second-order valence-corrected chi connectivity index (χ2v) is 16.8. The molecular formula is C42H50BrCl2N9O4. The van der Waals surface area contributed by atoms with Gasteiger partial charge in [-0.2, -0.15) is 10.2 Å². The largest absolute Gasteiger partial charge is 0.497 e. The van der Waals surface area contributed by atoms with E-state index in [0.717, 1.165) is 45.5 Å². The molecule has 1 saturated carbocycles. The van der Waals surface area contributed by atoms with Crippen molar-refractivity contribution in [2.75, 3.05) is 32.6 Å². The molecule has 0 spiro atoms. The number of carbonyl (C=O) groups excluding carboxylic acids is 1. The highest BCUT2D eigenvalue weighted by Crippen LogP contribution is 2.32. The number of carbonyl (C=O) groups is 1. The molecule has 2 aromatic carbocycles. The van der Waals surface area contributed by atoms with Crippen molar-refractivity contribution in [3.63, 3.8) is 0 Å². The van der Waals surface area contributed by atoms with E-state index < -0.39 is 5.60 Å². The molecule has 1 saturated heterocycles. The summed E-state index contributed by atoms with van der Waals surface area (Å²) in [5.41, 5.74) is 8.67. The van der Waals surface area contributed by atoms with E-state index in [1.54, 1.807) is 43.6 Å². The second-order valence-electron chi connectivity index (χ2n) is 15.2. The summed E-state index contributed by atoms with van der Waals surface area (Å²) in [6.07, 6.45) is 9.12. The number of ether oxygens (including phenoxy) is 3. The van der Waals surface area contributed by atoms with Gasteiger partial charge in [0, 0.05) is 37.6 Å². The number of nitrogens with one attached hydrogen (secondary N) is 1. The van der Waals surface area contributed by atoms with Crippen LogP contribution in [0.15, 0.2) is 77.7 Å². The van der Waals surface area contributed by atoms with Crippen LogP contribution in [0.25, 0.3) is 22.1 Å². The van der Waals surface area contributed by atoms with Crippen LogP contribution in [0.1, 0.15) is 64.0 Å². The Balaban J connectivity index is 0.000000184. The molecule has 8 rings (SSSR count). The zero-order valence-electron chi connectivity index (χ0n) is 33.4. The number of nitrogens with zero attached hydrogens (tertiary/aromatic N) is 7. The Hall–Kier alpha value is -4.63. The average Bonchev–Trinajstić information content (AvgIpc) is 4.01. The summed E-state index contributed by atoms with van der Waals surface area (Å²) in [4.78, 5) is 23.0. The van der Waals surface area contributed by atoms with E-state index in [9.17, 15) is 4.79 Å². The van der Waals surface area contributed by atoms with Crippen LogP contribution in [-0.2, 0) is 17.8 Å². The van der Waals surface area contributed by atoms with Gasteiger partial charge in [-0.1, -0.05) is 60.3 Å². The Morgan fingerprint density at radius 3 is 1.83 bits per heavy atom. The van der Waals surface area contributed by atoms with Crippen LogP contribution in [0.4, 0.5) is 10.6 Å². The number of anilines is 1. The van der Waals surface area contributed by atoms with E-state index in [-0.39, 0.29) is 12.1 Å². The summed E-state index contributed by atoms with van der Waals surface area (Å²) < 4.78 is 20.3. The first-order chi connectivity index (χ1) is 27.8. The van der Waals surface area contributed by atoms with Gasteiger partial charge in [0.2, 0.25) is 0 Å². The predicted octanol–water partition coefficient (Wildman–Crippen LogP) is 9.35. The van der Waals surface area contributed by atoms with Crippen LogP contribution in [-0.4, -0.2) is 85.5 Å². The monoisotopic (exact) mass is 893 g/mol. The molecule has 1 amide bonds. The Kier molecular flexibility index (Phi) is 14.4. The van der Waals surface area contributed by atoms with Crippen LogP contribution in [0.3, 0.4) is 0 Å². The third-order valence-electron chi connectivity index (χ3n) is 9.68. The van der Waals surface area contributed by atoms with Gasteiger partial charge in [0.25, 0.3) is 0 Å². The summed E-state index contributed by atoms with van der Waals surface area (Å²) in [7, 11) is 3.30. The molecule has 0 unspecified atom stereocenters. The van der Waals surface area contributed by atoms with Gasteiger partial charge in [-0.3, -0.25) is 0 Å². The topological polar surface area (TPSA) is 147 Å². The number of likely N-dealkylation sites (tertiary alicyclic amines) is 1. The molecule has 4 aromatic heterocycles. The fourth-order valence-corrected chi connectivity index (χ4v) is 7.89. The van der Waals surface area contributed by atoms with Gasteiger partial charge in [0.15, 0.2) is 17.1 Å². The molecule has 58 heavy (non-hydrogen) atoms.